The van der Waals surface area contributed by atoms with Crippen molar-refractivity contribution in [3.63, 3.8) is 0 Å². The van der Waals surface area contributed by atoms with Gasteiger partial charge in [-0.2, -0.15) is 5.26 Å². The molecule has 0 bridgehead atoms. The van der Waals surface area contributed by atoms with Crippen LogP contribution in [0.2, 0.25) is 0 Å². The third-order valence-electron chi connectivity index (χ3n) is 1.91. The van der Waals surface area contributed by atoms with Crippen LogP contribution in [-0.2, 0) is 4.79 Å². The number of rotatable bonds is 3. The van der Waals surface area contributed by atoms with E-state index in [2.05, 4.69) is 0 Å². The van der Waals surface area contributed by atoms with E-state index < -0.39 is 5.82 Å². The predicted molar refractivity (Wildman–Crippen MR) is 55.3 cm³/mol. The molecule has 0 unspecified atom stereocenters. The Hall–Kier alpha value is -2.09. The molecule has 0 spiro atoms. The summed E-state index contributed by atoms with van der Waals surface area (Å²) < 4.78 is 18.3. The van der Waals surface area contributed by atoms with Gasteiger partial charge < -0.3 is 9.64 Å². The lowest BCUT2D eigenvalue weighted by molar-refractivity contribution is -0.130. The van der Waals surface area contributed by atoms with Gasteiger partial charge in [0, 0.05) is 14.1 Å². The number of carbonyl (C=O) groups excluding carboxylic acids is 1. The number of benzene rings is 1. The van der Waals surface area contributed by atoms with Gasteiger partial charge >= 0.3 is 0 Å². The molecule has 1 aromatic carbocycles. The first-order valence-corrected chi connectivity index (χ1v) is 4.57. The zero-order chi connectivity index (χ0) is 12.1. The van der Waals surface area contributed by atoms with Crippen LogP contribution in [0.1, 0.15) is 5.56 Å². The number of hydrogen-bond donors (Lipinski definition) is 0. The standard InChI is InChI=1S/C11H11FN2O2/c1-14(2)11(15)7-16-10-4-3-8(6-13)5-9(10)12/h3-5H,7H2,1-2H3. The van der Waals surface area contributed by atoms with Gasteiger partial charge in [0.05, 0.1) is 11.6 Å². The van der Waals surface area contributed by atoms with Gasteiger partial charge in [-0.25, -0.2) is 4.39 Å². The highest BCUT2D eigenvalue weighted by atomic mass is 19.1. The predicted octanol–water partition coefficient (Wildman–Crippen LogP) is 1.16. The first-order chi connectivity index (χ1) is 7.54. The number of carbonyl (C=O) groups is 1. The van der Waals surface area contributed by atoms with Crippen LogP contribution in [0.25, 0.3) is 0 Å². The van der Waals surface area contributed by atoms with Crippen molar-refractivity contribution in [2.75, 3.05) is 20.7 Å². The third kappa shape index (κ3) is 2.95. The fourth-order valence-electron chi connectivity index (χ4n) is 0.956. The van der Waals surface area contributed by atoms with Crippen LogP contribution in [-0.4, -0.2) is 31.5 Å². The average molecular weight is 222 g/mol. The molecular weight excluding hydrogens is 211 g/mol. The second-order valence-corrected chi connectivity index (χ2v) is 3.33. The topological polar surface area (TPSA) is 53.3 Å². The molecule has 0 aliphatic heterocycles. The number of ether oxygens (including phenoxy) is 1. The summed E-state index contributed by atoms with van der Waals surface area (Å²) in [5.41, 5.74) is 0.212. The van der Waals surface area contributed by atoms with Gasteiger partial charge in [-0.3, -0.25) is 4.79 Å². The summed E-state index contributed by atoms with van der Waals surface area (Å²) in [6.45, 7) is -0.226. The van der Waals surface area contributed by atoms with Crippen molar-refractivity contribution in [2.45, 2.75) is 0 Å². The van der Waals surface area contributed by atoms with E-state index in [1.54, 1.807) is 14.1 Å². The summed E-state index contributed by atoms with van der Waals surface area (Å²) in [4.78, 5) is 12.5. The lowest BCUT2D eigenvalue weighted by Gasteiger charge is -2.11. The molecule has 0 radical (unpaired) electrons. The van der Waals surface area contributed by atoms with E-state index in [0.717, 1.165) is 6.07 Å². The van der Waals surface area contributed by atoms with Crippen LogP contribution in [0.15, 0.2) is 18.2 Å². The largest absolute Gasteiger partial charge is 0.481 e. The highest BCUT2D eigenvalue weighted by Crippen LogP contribution is 2.17. The van der Waals surface area contributed by atoms with Gasteiger partial charge in [-0.05, 0) is 18.2 Å². The summed E-state index contributed by atoms with van der Waals surface area (Å²) >= 11 is 0. The molecule has 0 saturated heterocycles. The maximum absolute atomic E-state index is 13.3. The van der Waals surface area contributed by atoms with Gasteiger partial charge in [0.2, 0.25) is 0 Å². The smallest absolute Gasteiger partial charge is 0.259 e. The summed E-state index contributed by atoms with van der Waals surface area (Å²) in [6.07, 6.45) is 0. The fraction of sp³-hybridized carbons (Fsp3) is 0.273. The number of halogens is 1. The van der Waals surface area contributed by atoms with Crippen molar-refractivity contribution >= 4 is 5.91 Å². The quantitative estimate of drug-likeness (QED) is 0.771. The molecule has 1 rings (SSSR count). The number of nitrogens with zero attached hydrogens (tertiary/aromatic N) is 2. The molecule has 0 atom stereocenters. The van der Waals surface area contributed by atoms with Crippen LogP contribution in [0, 0.1) is 17.1 Å². The molecule has 0 aromatic heterocycles. The molecule has 0 saturated carbocycles. The SMILES string of the molecule is CN(C)C(=O)COc1ccc(C#N)cc1F. The molecule has 1 amide bonds. The van der Waals surface area contributed by atoms with E-state index in [-0.39, 0.29) is 23.8 Å². The van der Waals surface area contributed by atoms with E-state index in [1.165, 1.54) is 17.0 Å². The monoisotopic (exact) mass is 222 g/mol. The van der Waals surface area contributed by atoms with E-state index in [4.69, 9.17) is 10.00 Å². The van der Waals surface area contributed by atoms with Crippen LogP contribution in [0.3, 0.4) is 0 Å². The Labute approximate surface area is 92.8 Å². The Bertz CT molecular complexity index is 438. The zero-order valence-electron chi connectivity index (χ0n) is 9.03. The Morgan fingerprint density at radius 2 is 2.25 bits per heavy atom. The first-order valence-electron chi connectivity index (χ1n) is 4.57. The van der Waals surface area contributed by atoms with Gasteiger partial charge in [-0.15, -0.1) is 0 Å². The lowest BCUT2D eigenvalue weighted by atomic mass is 10.2. The molecule has 0 aliphatic rings. The minimum absolute atomic E-state index is 0.0331. The maximum atomic E-state index is 13.3. The van der Waals surface area contributed by atoms with E-state index in [1.807, 2.05) is 6.07 Å². The van der Waals surface area contributed by atoms with Crippen LogP contribution in [0.5, 0.6) is 5.75 Å². The Morgan fingerprint density at radius 1 is 1.56 bits per heavy atom. The van der Waals surface area contributed by atoms with Crippen molar-refractivity contribution in [3.05, 3.63) is 29.6 Å². The van der Waals surface area contributed by atoms with E-state index in [0.29, 0.717) is 0 Å². The normalized spacial score (nSPS) is 9.38. The highest BCUT2D eigenvalue weighted by Gasteiger charge is 2.08. The molecule has 84 valence electrons. The van der Waals surface area contributed by atoms with Crippen LogP contribution < -0.4 is 4.74 Å². The van der Waals surface area contributed by atoms with Crippen molar-refractivity contribution in [3.8, 4) is 11.8 Å². The zero-order valence-corrected chi connectivity index (χ0v) is 9.03. The summed E-state index contributed by atoms with van der Waals surface area (Å²) in [6, 6.07) is 5.63. The van der Waals surface area contributed by atoms with Crippen molar-refractivity contribution < 1.29 is 13.9 Å². The summed E-state index contributed by atoms with van der Waals surface area (Å²) in [7, 11) is 3.17. The maximum Gasteiger partial charge on any atom is 0.259 e. The molecule has 0 N–H and O–H groups in total. The Balaban J connectivity index is 2.69. The molecule has 16 heavy (non-hydrogen) atoms. The lowest BCUT2D eigenvalue weighted by Crippen LogP contribution is -2.27. The van der Waals surface area contributed by atoms with Crippen LogP contribution in [0.4, 0.5) is 4.39 Å². The van der Waals surface area contributed by atoms with Gasteiger partial charge in [0.1, 0.15) is 0 Å². The molecule has 0 heterocycles. The second-order valence-electron chi connectivity index (χ2n) is 3.33. The molecule has 1 aromatic rings. The van der Waals surface area contributed by atoms with Gasteiger partial charge in [0.25, 0.3) is 5.91 Å². The van der Waals surface area contributed by atoms with Gasteiger partial charge in [-0.1, -0.05) is 0 Å². The molecule has 0 aliphatic carbocycles. The minimum Gasteiger partial charge on any atom is -0.481 e. The first kappa shape index (κ1) is 12.0. The van der Waals surface area contributed by atoms with Gasteiger partial charge in [0.15, 0.2) is 18.2 Å². The Kier molecular flexibility index (Phi) is 3.84. The number of nitriles is 1. The fourth-order valence-corrected chi connectivity index (χ4v) is 0.956. The molecule has 5 heteroatoms. The van der Waals surface area contributed by atoms with E-state index in [9.17, 15) is 9.18 Å². The third-order valence-corrected chi connectivity index (χ3v) is 1.91. The average Bonchev–Trinajstić information content (AvgIpc) is 2.26. The molecular formula is C11H11FN2O2. The van der Waals surface area contributed by atoms with Crippen molar-refractivity contribution in [2.24, 2.45) is 0 Å². The van der Waals surface area contributed by atoms with Crippen molar-refractivity contribution in [1.29, 1.82) is 5.26 Å². The number of amides is 1. The second kappa shape index (κ2) is 5.12. The molecule has 0 fully saturated rings. The summed E-state index contributed by atoms with van der Waals surface area (Å²) in [5.74, 6) is -0.941. The highest BCUT2D eigenvalue weighted by molar-refractivity contribution is 5.77. The number of likely N-dealkylation sites (N-methyl/N-ethyl adjacent to an activating group) is 1. The van der Waals surface area contributed by atoms with E-state index >= 15 is 0 Å². The minimum atomic E-state index is -0.648. The van der Waals surface area contributed by atoms with Crippen molar-refractivity contribution in [1.82, 2.24) is 4.90 Å². The van der Waals surface area contributed by atoms with Crippen LogP contribution >= 0.6 is 0 Å². The number of hydrogen-bond acceptors (Lipinski definition) is 3. The molecule has 4 nitrogen and oxygen atoms in total. The summed E-state index contributed by atoms with van der Waals surface area (Å²) in [5, 5.41) is 8.53. The Morgan fingerprint density at radius 3 is 2.75 bits per heavy atom.